The minimum Gasteiger partial charge on any atom is -0.497 e. The van der Waals surface area contributed by atoms with E-state index in [1.165, 1.54) is 19.2 Å². The second-order valence-electron chi connectivity index (χ2n) is 6.58. The largest absolute Gasteiger partial charge is 0.497 e. The third-order valence-corrected chi connectivity index (χ3v) is 6.42. The van der Waals surface area contributed by atoms with Crippen LogP contribution in [-0.4, -0.2) is 44.0 Å². The summed E-state index contributed by atoms with van der Waals surface area (Å²) in [5.74, 6) is 0.243. The summed E-state index contributed by atoms with van der Waals surface area (Å²) in [6.07, 6.45) is -1.86. The van der Waals surface area contributed by atoms with Gasteiger partial charge < -0.3 is 14.9 Å². The predicted molar refractivity (Wildman–Crippen MR) is 97.7 cm³/mol. The number of aryl methyl sites for hydroxylation is 1. The SMILES string of the molecule is COc1ccc(S(=O)(=O)NC2C(c3ccccc3C)CC(O)C2O)cc1. The van der Waals surface area contributed by atoms with E-state index in [1.807, 2.05) is 31.2 Å². The van der Waals surface area contributed by atoms with Crippen molar-refractivity contribution in [3.8, 4) is 5.75 Å². The standard InChI is InChI=1S/C19H23NO5S/c1-12-5-3-4-6-15(12)16-11-17(21)19(22)18(16)20-26(23,24)14-9-7-13(25-2)8-10-14/h3-10,16-22H,11H2,1-2H3. The fourth-order valence-electron chi connectivity index (χ4n) is 3.50. The van der Waals surface area contributed by atoms with Gasteiger partial charge in [-0.2, -0.15) is 0 Å². The van der Waals surface area contributed by atoms with Gasteiger partial charge in [-0.15, -0.1) is 0 Å². The van der Waals surface area contributed by atoms with Gasteiger partial charge in [0.2, 0.25) is 10.0 Å². The van der Waals surface area contributed by atoms with E-state index in [9.17, 15) is 18.6 Å². The molecule has 1 aliphatic carbocycles. The Balaban J connectivity index is 1.90. The Bertz CT molecular complexity index is 866. The van der Waals surface area contributed by atoms with Crippen LogP contribution in [0.3, 0.4) is 0 Å². The molecule has 0 saturated heterocycles. The van der Waals surface area contributed by atoms with Gasteiger partial charge in [-0.05, 0) is 48.7 Å². The molecule has 1 aliphatic rings. The molecule has 26 heavy (non-hydrogen) atoms. The predicted octanol–water partition coefficient (Wildman–Crippen LogP) is 1.56. The molecular weight excluding hydrogens is 354 g/mol. The van der Waals surface area contributed by atoms with Crippen LogP contribution in [0.25, 0.3) is 0 Å². The van der Waals surface area contributed by atoms with E-state index in [0.29, 0.717) is 12.2 Å². The molecule has 4 atom stereocenters. The van der Waals surface area contributed by atoms with E-state index in [4.69, 9.17) is 4.74 Å². The van der Waals surface area contributed by atoms with Gasteiger partial charge in [0.15, 0.2) is 0 Å². The van der Waals surface area contributed by atoms with E-state index < -0.39 is 28.3 Å². The van der Waals surface area contributed by atoms with Crippen LogP contribution < -0.4 is 9.46 Å². The zero-order valence-electron chi connectivity index (χ0n) is 14.7. The summed E-state index contributed by atoms with van der Waals surface area (Å²) in [5.41, 5.74) is 1.91. The number of hydrogen-bond acceptors (Lipinski definition) is 5. The van der Waals surface area contributed by atoms with Gasteiger partial charge in [0.25, 0.3) is 0 Å². The maximum atomic E-state index is 12.8. The Labute approximate surface area is 153 Å². The highest BCUT2D eigenvalue weighted by Crippen LogP contribution is 2.37. The Morgan fingerprint density at radius 3 is 2.35 bits per heavy atom. The fraction of sp³-hybridized carbons (Fsp3) is 0.368. The van der Waals surface area contributed by atoms with Crippen molar-refractivity contribution in [3.05, 3.63) is 59.7 Å². The Morgan fingerprint density at radius 1 is 1.08 bits per heavy atom. The molecule has 2 aromatic carbocycles. The summed E-state index contributed by atoms with van der Waals surface area (Å²) in [6, 6.07) is 12.8. The first-order valence-electron chi connectivity index (χ1n) is 8.41. The molecule has 140 valence electrons. The maximum Gasteiger partial charge on any atom is 0.240 e. The first kappa shape index (κ1) is 18.8. The number of aliphatic hydroxyl groups excluding tert-OH is 2. The van der Waals surface area contributed by atoms with Crippen molar-refractivity contribution in [2.75, 3.05) is 7.11 Å². The third kappa shape index (κ3) is 3.61. The number of aliphatic hydroxyl groups is 2. The van der Waals surface area contributed by atoms with E-state index in [0.717, 1.165) is 11.1 Å². The lowest BCUT2D eigenvalue weighted by Gasteiger charge is -2.24. The summed E-state index contributed by atoms with van der Waals surface area (Å²) < 4.78 is 33.1. The van der Waals surface area contributed by atoms with Gasteiger partial charge in [-0.1, -0.05) is 24.3 Å². The minimum atomic E-state index is -3.86. The summed E-state index contributed by atoms with van der Waals surface area (Å²) in [7, 11) is -2.35. The van der Waals surface area contributed by atoms with Gasteiger partial charge >= 0.3 is 0 Å². The van der Waals surface area contributed by atoms with E-state index in [2.05, 4.69) is 4.72 Å². The molecule has 0 radical (unpaired) electrons. The third-order valence-electron chi connectivity index (χ3n) is 4.94. The molecule has 6 nitrogen and oxygen atoms in total. The van der Waals surface area contributed by atoms with Crippen molar-refractivity contribution in [1.29, 1.82) is 0 Å². The Morgan fingerprint density at radius 2 is 1.73 bits per heavy atom. The first-order valence-corrected chi connectivity index (χ1v) is 9.90. The molecule has 0 bridgehead atoms. The molecule has 2 aromatic rings. The Hall–Kier alpha value is -1.93. The van der Waals surface area contributed by atoms with Crippen LogP contribution in [0.1, 0.15) is 23.5 Å². The van der Waals surface area contributed by atoms with E-state index in [1.54, 1.807) is 12.1 Å². The van der Waals surface area contributed by atoms with Crippen LogP contribution >= 0.6 is 0 Å². The van der Waals surface area contributed by atoms with Gasteiger partial charge in [0.1, 0.15) is 5.75 Å². The highest BCUT2D eigenvalue weighted by Gasteiger charge is 2.44. The average Bonchev–Trinajstić information content (AvgIpc) is 2.90. The van der Waals surface area contributed by atoms with Gasteiger partial charge in [-0.3, -0.25) is 0 Å². The van der Waals surface area contributed by atoms with Crippen molar-refractivity contribution in [2.24, 2.45) is 0 Å². The van der Waals surface area contributed by atoms with Crippen LogP contribution in [0.2, 0.25) is 0 Å². The first-order chi connectivity index (χ1) is 12.3. The molecule has 1 fully saturated rings. The molecule has 7 heteroatoms. The quantitative estimate of drug-likeness (QED) is 0.735. The summed E-state index contributed by atoms with van der Waals surface area (Å²) >= 11 is 0. The van der Waals surface area contributed by atoms with Crippen LogP contribution in [0.4, 0.5) is 0 Å². The van der Waals surface area contributed by atoms with Crippen molar-refractivity contribution in [3.63, 3.8) is 0 Å². The summed E-state index contributed by atoms with van der Waals surface area (Å²) in [6.45, 7) is 1.93. The molecule has 0 spiro atoms. The second-order valence-corrected chi connectivity index (χ2v) is 8.29. The van der Waals surface area contributed by atoms with Gasteiger partial charge in [0.05, 0.1) is 30.3 Å². The molecule has 4 unspecified atom stereocenters. The molecular formula is C19H23NO5S. The van der Waals surface area contributed by atoms with Crippen LogP contribution in [-0.2, 0) is 10.0 Å². The molecule has 1 saturated carbocycles. The van der Waals surface area contributed by atoms with E-state index in [-0.39, 0.29) is 10.8 Å². The van der Waals surface area contributed by atoms with Crippen molar-refractivity contribution in [1.82, 2.24) is 4.72 Å². The zero-order valence-corrected chi connectivity index (χ0v) is 15.5. The zero-order chi connectivity index (χ0) is 18.9. The molecule has 3 rings (SSSR count). The van der Waals surface area contributed by atoms with Crippen molar-refractivity contribution in [2.45, 2.75) is 42.4 Å². The minimum absolute atomic E-state index is 0.0791. The highest BCUT2D eigenvalue weighted by atomic mass is 32.2. The van der Waals surface area contributed by atoms with Crippen LogP contribution in [0.15, 0.2) is 53.4 Å². The van der Waals surface area contributed by atoms with Crippen molar-refractivity contribution >= 4 is 10.0 Å². The number of rotatable bonds is 5. The maximum absolute atomic E-state index is 12.8. The molecule has 0 aliphatic heterocycles. The van der Waals surface area contributed by atoms with Gasteiger partial charge in [-0.25, -0.2) is 13.1 Å². The monoisotopic (exact) mass is 377 g/mol. The topological polar surface area (TPSA) is 95.9 Å². The average molecular weight is 377 g/mol. The number of methoxy groups -OCH3 is 1. The van der Waals surface area contributed by atoms with E-state index >= 15 is 0 Å². The molecule has 0 heterocycles. The normalized spacial score (nSPS) is 26.0. The number of sulfonamides is 1. The number of benzene rings is 2. The van der Waals surface area contributed by atoms with Crippen LogP contribution in [0, 0.1) is 6.92 Å². The Kier molecular flexibility index (Phi) is 5.34. The van der Waals surface area contributed by atoms with Crippen molar-refractivity contribution < 1.29 is 23.4 Å². The highest BCUT2D eigenvalue weighted by molar-refractivity contribution is 7.89. The number of hydrogen-bond donors (Lipinski definition) is 3. The lowest BCUT2D eigenvalue weighted by atomic mass is 9.91. The van der Waals surface area contributed by atoms with Gasteiger partial charge in [0, 0.05) is 5.92 Å². The lowest BCUT2D eigenvalue weighted by molar-refractivity contribution is 0.0338. The molecule has 0 aromatic heterocycles. The smallest absolute Gasteiger partial charge is 0.240 e. The molecule has 0 amide bonds. The fourth-order valence-corrected chi connectivity index (χ4v) is 4.79. The number of nitrogens with one attached hydrogen (secondary N) is 1. The van der Waals surface area contributed by atoms with Crippen LogP contribution in [0.5, 0.6) is 5.75 Å². The summed E-state index contributed by atoms with van der Waals surface area (Å²) in [5, 5.41) is 20.5. The summed E-state index contributed by atoms with van der Waals surface area (Å²) in [4.78, 5) is 0.0791. The number of ether oxygens (including phenoxy) is 1. The lowest BCUT2D eigenvalue weighted by Crippen LogP contribution is -2.45. The second kappa shape index (κ2) is 7.36. The molecule has 3 N–H and O–H groups in total.